The van der Waals surface area contributed by atoms with Gasteiger partial charge in [0.1, 0.15) is 22.7 Å². The van der Waals surface area contributed by atoms with Crippen LogP contribution in [0.25, 0.3) is 22.6 Å². The second kappa shape index (κ2) is 7.10. The third-order valence-electron chi connectivity index (χ3n) is 4.81. The number of carbonyl (C=O) groups excluding carboxylic acids is 1. The molecule has 156 valence electrons. The van der Waals surface area contributed by atoms with Crippen LogP contribution >= 0.6 is 0 Å². The summed E-state index contributed by atoms with van der Waals surface area (Å²) in [6, 6.07) is 12.6. The third-order valence-corrected chi connectivity index (χ3v) is 6.61. The first kappa shape index (κ1) is 19.1. The van der Waals surface area contributed by atoms with Crippen molar-refractivity contribution < 1.29 is 27.1 Å². The zero-order valence-electron chi connectivity index (χ0n) is 16.2. The number of hydrogen-bond acceptors (Lipinski definition) is 8. The SMILES string of the molecule is COc1ccc2c(c1)OC(=O)CN(c1cccc3oc(-c4ccncc4)nc13)S2(=O)=O. The summed E-state index contributed by atoms with van der Waals surface area (Å²) in [6.07, 6.45) is 3.21. The minimum absolute atomic E-state index is 0.0864. The fourth-order valence-corrected chi connectivity index (χ4v) is 4.87. The lowest BCUT2D eigenvalue weighted by Crippen LogP contribution is -2.35. The molecule has 31 heavy (non-hydrogen) atoms. The molecule has 4 aromatic rings. The number of methoxy groups -OCH3 is 1. The van der Waals surface area contributed by atoms with E-state index in [-0.39, 0.29) is 16.3 Å². The van der Waals surface area contributed by atoms with Crippen molar-refractivity contribution in [3.63, 3.8) is 0 Å². The summed E-state index contributed by atoms with van der Waals surface area (Å²) < 4.78 is 44.1. The molecule has 0 bridgehead atoms. The molecule has 0 saturated carbocycles. The van der Waals surface area contributed by atoms with Crippen molar-refractivity contribution in [2.45, 2.75) is 4.90 Å². The van der Waals surface area contributed by atoms with Crippen LogP contribution in [0.5, 0.6) is 11.5 Å². The standard InChI is InChI=1S/C21H15N3O6S/c1-28-14-5-6-18-17(11-14)29-19(25)12-24(31(18,26)27)15-3-2-4-16-20(15)23-21(30-16)13-7-9-22-10-8-13/h2-11H,12H2,1H3. The van der Waals surface area contributed by atoms with Gasteiger partial charge >= 0.3 is 5.97 Å². The quantitative estimate of drug-likeness (QED) is 0.355. The van der Waals surface area contributed by atoms with Crippen molar-refractivity contribution in [1.82, 2.24) is 9.97 Å². The number of nitrogens with zero attached hydrogens (tertiary/aromatic N) is 3. The second-order valence-corrected chi connectivity index (χ2v) is 8.51. The number of rotatable bonds is 3. The minimum atomic E-state index is -4.14. The van der Waals surface area contributed by atoms with Gasteiger partial charge in [0.25, 0.3) is 10.0 Å². The Bertz CT molecular complexity index is 1420. The largest absolute Gasteiger partial charge is 0.497 e. The number of carbonyl (C=O) groups is 1. The van der Waals surface area contributed by atoms with E-state index in [1.54, 1.807) is 42.7 Å². The summed E-state index contributed by atoms with van der Waals surface area (Å²) in [5.41, 5.74) is 1.59. The van der Waals surface area contributed by atoms with Crippen LogP contribution in [0.15, 0.2) is 70.2 Å². The van der Waals surface area contributed by atoms with E-state index in [2.05, 4.69) is 9.97 Å². The van der Waals surface area contributed by atoms with Crippen LogP contribution in [0.4, 0.5) is 5.69 Å². The molecular weight excluding hydrogens is 422 g/mol. The van der Waals surface area contributed by atoms with Gasteiger partial charge in [0.05, 0.1) is 12.8 Å². The molecule has 0 fully saturated rings. The first-order valence-electron chi connectivity index (χ1n) is 9.19. The fraction of sp³-hybridized carbons (Fsp3) is 0.0952. The highest BCUT2D eigenvalue weighted by atomic mass is 32.2. The second-order valence-electron chi connectivity index (χ2n) is 6.68. The lowest BCUT2D eigenvalue weighted by molar-refractivity contribution is -0.132. The van der Waals surface area contributed by atoms with Gasteiger partial charge in [-0.1, -0.05) is 6.07 Å². The monoisotopic (exact) mass is 437 g/mol. The minimum Gasteiger partial charge on any atom is -0.497 e. The number of fused-ring (bicyclic) bond motifs is 2. The Balaban J connectivity index is 1.68. The van der Waals surface area contributed by atoms with Crippen LogP contribution in [0, 0.1) is 0 Å². The van der Waals surface area contributed by atoms with Crippen LogP contribution in [0.1, 0.15) is 0 Å². The van der Waals surface area contributed by atoms with Gasteiger partial charge in [-0.25, -0.2) is 18.2 Å². The van der Waals surface area contributed by atoms with Gasteiger partial charge in [-0.15, -0.1) is 0 Å². The van der Waals surface area contributed by atoms with Crippen molar-refractivity contribution in [3.8, 4) is 23.0 Å². The van der Waals surface area contributed by atoms with Crippen molar-refractivity contribution in [1.29, 1.82) is 0 Å². The summed E-state index contributed by atoms with van der Waals surface area (Å²) in [4.78, 5) is 20.8. The van der Waals surface area contributed by atoms with Gasteiger partial charge in [0.15, 0.2) is 11.3 Å². The maximum Gasteiger partial charge on any atom is 0.332 e. The molecule has 0 amide bonds. The smallest absolute Gasteiger partial charge is 0.332 e. The third kappa shape index (κ3) is 3.17. The van der Waals surface area contributed by atoms with E-state index >= 15 is 0 Å². The molecular formula is C21H15N3O6S. The molecule has 1 aliphatic heterocycles. The van der Waals surface area contributed by atoms with Crippen molar-refractivity contribution >= 4 is 32.8 Å². The molecule has 2 aromatic heterocycles. The summed E-state index contributed by atoms with van der Waals surface area (Å²) in [7, 11) is -2.70. The number of ether oxygens (including phenoxy) is 2. The number of hydrogen-bond donors (Lipinski definition) is 0. The first-order chi connectivity index (χ1) is 15.0. The van der Waals surface area contributed by atoms with Crippen LogP contribution in [0.2, 0.25) is 0 Å². The van der Waals surface area contributed by atoms with Gasteiger partial charge in [0, 0.05) is 24.0 Å². The molecule has 2 aromatic carbocycles. The number of aromatic nitrogens is 2. The number of pyridine rings is 1. The normalized spacial score (nSPS) is 15.3. The Hall–Kier alpha value is -3.92. The molecule has 1 aliphatic rings. The first-order valence-corrected chi connectivity index (χ1v) is 10.6. The van der Waals surface area contributed by atoms with Gasteiger partial charge in [-0.05, 0) is 36.4 Å². The van der Waals surface area contributed by atoms with E-state index in [0.717, 1.165) is 4.31 Å². The number of benzene rings is 2. The van der Waals surface area contributed by atoms with E-state index in [4.69, 9.17) is 13.9 Å². The van der Waals surface area contributed by atoms with Gasteiger partial charge in [0.2, 0.25) is 5.89 Å². The number of para-hydroxylation sites is 1. The highest BCUT2D eigenvalue weighted by Crippen LogP contribution is 2.38. The Labute approximate surface area is 176 Å². The van der Waals surface area contributed by atoms with E-state index in [9.17, 15) is 13.2 Å². The molecule has 0 unspecified atom stereocenters. The number of oxazole rings is 1. The van der Waals surface area contributed by atoms with Gasteiger partial charge in [-0.2, -0.15) is 0 Å². The predicted molar refractivity (Wildman–Crippen MR) is 110 cm³/mol. The number of esters is 1. The Kier molecular flexibility index (Phi) is 4.36. The van der Waals surface area contributed by atoms with Crippen LogP contribution in [0.3, 0.4) is 0 Å². The van der Waals surface area contributed by atoms with E-state index < -0.39 is 22.5 Å². The van der Waals surface area contributed by atoms with E-state index in [0.29, 0.717) is 28.3 Å². The highest BCUT2D eigenvalue weighted by molar-refractivity contribution is 7.93. The number of sulfonamides is 1. The molecule has 0 aliphatic carbocycles. The molecule has 5 rings (SSSR count). The summed E-state index contributed by atoms with van der Waals surface area (Å²) >= 11 is 0. The van der Waals surface area contributed by atoms with Gasteiger partial charge < -0.3 is 13.9 Å². The Morgan fingerprint density at radius 2 is 1.90 bits per heavy atom. The van der Waals surface area contributed by atoms with Crippen molar-refractivity contribution in [2.24, 2.45) is 0 Å². The Morgan fingerprint density at radius 3 is 2.68 bits per heavy atom. The predicted octanol–water partition coefficient (Wildman–Crippen LogP) is 3.01. The average Bonchev–Trinajstić information content (AvgIpc) is 3.18. The summed E-state index contributed by atoms with van der Waals surface area (Å²) in [6.45, 7) is -0.518. The van der Waals surface area contributed by atoms with Crippen molar-refractivity contribution in [2.75, 3.05) is 18.0 Å². The topological polar surface area (TPSA) is 112 Å². The zero-order chi connectivity index (χ0) is 21.6. The zero-order valence-corrected chi connectivity index (χ0v) is 17.0. The summed E-state index contributed by atoms with van der Waals surface area (Å²) in [5, 5.41) is 0. The van der Waals surface area contributed by atoms with E-state index in [1.807, 2.05) is 0 Å². The number of anilines is 1. The molecule has 3 heterocycles. The molecule has 9 nitrogen and oxygen atoms in total. The lowest BCUT2D eigenvalue weighted by Gasteiger charge is -2.21. The molecule has 0 N–H and O–H groups in total. The maximum atomic E-state index is 13.5. The van der Waals surface area contributed by atoms with Crippen molar-refractivity contribution in [3.05, 3.63) is 60.9 Å². The van der Waals surface area contributed by atoms with Crippen LogP contribution in [-0.4, -0.2) is 38.0 Å². The van der Waals surface area contributed by atoms with E-state index in [1.165, 1.54) is 25.3 Å². The highest BCUT2D eigenvalue weighted by Gasteiger charge is 2.36. The fourth-order valence-electron chi connectivity index (χ4n) is 3.35. The van der Waals surface area contributed by atoms with Gasteiger partial charge in [-0.3, -0.25) is 9.29 Å². The lowest BCUT2D eigenvalue weighted by atomic mass is 10.2. The molecule has 0 spiro atoms. The average molecular weight is 437 g/mol. The maximum absolute atomic E-state index is 13.5. The summed E-state index contributed by atoms with van der Waals surface area (Å²) in [5.74, 6) is -0.136. The molecule has 10 heteroatoms. The molecule has 0 radical (unpaired) electrons. The molecule has 0 atom stereocenters. The van der Waals surface area contributed by atoms with Crippen LogP contribution in [-0.2, 0) is 14.8 Å². The van der Waals surface area contributed by atoms with Crippen LogP contribution < -0.4 is 13.8 Å². The Morgan fingerprint density at radius 1 is 1.10 bits per heavy atom. The molecule has 0 saturated heterocycles.